The molecule has 2 N–H and O–H groups in total. The van der Waals surface area contributed by atoms with E-state index in [1.807, 2.05) is 56.3 Å². The number of Topliss-reactive ketones (excluding diaryl/α,β-unsaturated/α-hetero) is 1. The van der Waals surface area contributed by atoms with Crippen molar-refractivity contribution in [1.82, 2.24) is 9.80 Å². The minimum Gasteiger partial charge on any atom is -0.507 e. The van der Waals surface area contributed by atoms with Gasteiger partial charge in [0.2, 0.25) is 0 Å². The highest BCUT2D eigenvalue weighted by atomic mass is 16.5. The first-order valence-electron chi connectivity index (χ1n) is 12.3. The van der Waals surface area contributed by atoms with Gasteiger partial charge < -0.3 is 29.5 Å². The number of likely N-dealkylation sites (tertiary alicyclic amines) is 1. The molecule has 0 bridgehead atoms. The average Bonchev–Trinajstić information content (AvgIpc) is 3.16. The molecule has 0 aliphatic carbocycles. The van der Waals surface area contributed by atoms with Crippen molar-refractivity contribution < 1.29 is 29.3 Å². The Morgan fingerprint density at radius 1 is 1.00 bits per heavy atom. The van der Waals surface area contributed by atoms with Crippen LogP contribution >= 0.6 is 0 Å². The molecule has 198 valence electrons. The van der Waals surface area contributed by atoms with Crippen LogP contribution in [0.2, 0.25) is 0 Å². The Kier molecular flexibility index (Phi) is 8.02. The third-order valence-electron chi connectivity index (χ3n) is 6.53. The second-order valence-corrected chi connectivity index (χ2v) is 9.48. The van der Waals surface area contributed by atoms with Crippen LogP contribution in [-0.2, 0) is 16.2 Å². The van der Waals surface area contributed by atoms with Crippen molar-refractivity contribution in [3.8, 4) is 17.2 Å². The maximum atomic E-state index is 13.3. The second-order valence-electron chi connectivity index (χ2n) is 9.48. The lowest BCUT2D eigenvalue weighted by Gasteiger charge is -2.27. The number of carbonyl (C=O) groups excluding carboxylic acids is 2. The van der Waals surface area contributed by atoms with Crippen molar-refractivity contribution in [2.45, 2.75) is 19.6 Å². The summed E-state index contributed by atoms with van der Waals surface area (Å²) in [6, 6.07) is 18.7. The molecule has 1 atom stereocenters. The first-order chi connectivity index (χ1) is 18.2. The number of aromatic hydroxyl groups is 1. The molecule has 0 aromatic heterocycles. The van der Waals surface area contributed by atoms with Crippen molar-refractivity contribution in [1.29, 1.82) is 0 Å². The van der Waals surface area contributed by atoms with E-state index in [1.165, 1.54) is 18.1 Å². The predicted molar refractivity (Wildman–Crippen MR) is 144 cm³/mol. The summed E-state index contributed by atoms with van der Waals surface area (Å²) in [5.74, 6) is -0.938. The zero-order chi connectivity index (χ0) is 27.4. The first-order valence-corrected chi connectivity index (χ1v) is 12.3. The monoisotopic (exact) mass is 516 g/mol. The van der Waals surface area contributed by atoms with E-state index in [1.54, 1.807) is 30.3 Å². The number of aliphatic hydroxyl groups is 1. The van der Waals surface area contributed by atoms with Gasteiger partial charge in [-0.3, -0.25) is 9.59 Å². The summed E-state index contributed by atoms with van der Waals surface area (Å²) in [7, 11) is 5.17. The molecule has 0 radical (unpaired) electrons. The van der Waals surface area contributed by atoms with Crippen molar-refractivity contribution in [2.24, 2.45) is 0 Å². The van der Waals surface area contributed by atoms with Crippen LogP contribution in [0.3, 0.4) is 0 Å². The minimum atomic E-state index is -0.848. The van der Waals surface area contributed by atoms with Gasteiger partial charge in [0.1, 0.15) is 18.1 Å². The molecule has 0 saturated carbocycles. The predicted octanol–water partition coefficient (Wildman–Crippen LogP) is 4.27. The van der Waals surface area contributed by atoms with Crippen molar-refractivity contribution in [3.63, 3.8) is 0 Å². The highest BCUT2D eigenvalue weighted by Crippen LogP contribution is 2.42. The summed E-state index contributed by atoms with van der Waals surface area (Å²) in [4.78, 5) is 29.7. The lowest BCUT2D eigenvalue weighted by atomic mass is 9.94. The SMILES string of the molecule is COc1cc(C2C(=C(O)c3ccc(OCc4ccccc4)c(C)c3)C(=O)C(=O)N2CCN(C)C)ccc1O. The molecule has 1 heterocycles. The number of nitrogens with zero attached hydrogens (tertiary/aromatic N) is 2. The Morgan fingerprint density at radius 2 is 1.74 bits per heavy atom. The van der Waals surface area contributed by atoms with Crippen molar-refractivity contribution in [3.05, 3.63) is 94.6 Å². The number of aryl methyl sites for hydroxylation is 1. The summed E-state index contributed by atoms with van der Waals surface area (Å²) >= 11 is 0. The fraction of sp³-hybridized carbons (Fsp3) is 0.267. The van der Waals surface area contributed by atoms with Gasteiger partial charge in [-0.25, -0.2) is 0 Å². The van der Waals surface area contributed by atoms with Gasteiger partial charge in [-0.15, -0.1) is 0 Å². The van der Waals surface area contributed by atoms with E-state index < -0.39 is 17.7 Å². The fourth-order valence-electron chi connectivity index (χ4n) is 4.48. The third-order valence-corrected chi connectivity index (χ3v) is 6.53. The van der Waals surface area contributed by atoms with Crippen molar-refractivity contribution in [2.75, 3.05) is 34.3 Å². The Labute approximate surface area is 222 Å². The number of hydrogen-bond acceptors (Lipinski definition) is 7. The number of benzene rings is 3. The largest absolute Gasteiger partial charge is 0.507 e. The number of phenols is 1. The molecule has 3 aromatic carbocycles. The maximum absolute atomic E-state index is 13.3. The smallest absolute Gasteiger partial charge is 0.295 e. The molecule has 1 aliphatic rings. The Hall–Kier alpha value is -4.30. The summed E-state index contributed by atoms with van der Waals surface area (Å²) < 4.78 is 11.2. The van der Waals surface area contributed by atoms with E-state index in [9.17, 15) is 19.8 Å². The van der Waals surface area contributed by atoms with Gasteiger partial charge >= 0.3 is 0 Å². The molecule has 8 nitrogen and oxygen atoms in total. The van der Waals surface area contributed by atoms with Gasteiger partial charge in [0, 0.05) is 18.7 Å². The molecule has 1 saturated heterocycles. The standard InChI is InChI=1S/C30H32N2O6/c1-19-16-22(11-13-24(19)38-18-20-8-6-5-7-9-20)28(34)26-27(21-10-12-23(33)25(17-21)37-4)32(15-14-31(2)3)30(36)29(26)35/h5-13,16-17,27,33-34H,14-15,18H2,1-4H3. The van der Waals surface area contributed by atoms with E-state index in [2.05, 4.69) is 0 Å². The van der Waals surface area contributed by atoms with Crippen molar-refractivity contribution >= 4 is 17.4 Å². The zero-order valence-electron chi connectivity index (χ0n) is 22.0. The normalized spacial score (nSPS) is 16.8. The molecule has 1 amide bonds. The molecule has 1 fully saturated rings. The van der Waals surface area contributed by atoms with Gasteiger partial charge in [0.15, 0.2) is 11.5 Å². The lowest BCUT2D eigenvalue weighted by Crippen LogP contribution is -2.35. The summed E-state index contributed by atoms with van der Waals surface area (Å²) in [6.45, 7) is 3.04. The Bertz CT molecular complexity index is 1370. The number of likely N-dealkylation sites (N-methyl/N-ethyl adjacent to an activating group) is 1. The van der Waals surface area contributed by atoms with Crippen LogP contribution in [0.5, 0.6) is 17.2 Å². The summed E-state index contributed by atoms with van der Waals surface area (Å²) in [5.41, 5.74) is 2.73. The molecular weight excluding hydrogens is 484 g/mol. The van der Waals surface area contributed by atoms with Crippen LogP contribution in [-0.4, -0.2) is 66.0 Å². The average molecular weight is 517 g/mol. The number of ether oxygens (including phenoxy) is 2. The topological polar surface area (TPSA) is 99.5 Å². The lowest BCUT2D eigenvalue weighted by molar-refractivity contribution is -0.140. The molecule has 3 aromatic rings. The molecule has 0 spiro atoms. The van der Waals surface area contributed by atoms with E-state index >= 15 is 0 Å². The molecular formula is C30H32N2O6. The van der Waals surface area contributed by atoms with Crippen LogP contribution in [0.15, 0.2) is 72.3 Å². The Morgan fingerprint density at radius 3 is 2.39 bits per heavy atom. The van der Waals surface area contributed by atoms with Gasteiger partial charge in [0.05, 0.1) is 18.7 Å². The van der Waals surface area contributed by atoms with Crippen LogP contribution in [0.25, 0.3) is 5.76 Å². The van der Waals surface area contributed by atoms with Gasteiger partial charge in [-0.2, -0.15) is 0 Å². The van der Waals surface area contributed by atoms with E-state index in [0.29, 0.717) is 30.0 Å². The van der Waals surface area contributed by atoms with Crippen LogP contribution < -0.4 is 9.47 Å². The third kappa shape index (κ3) is 5.50. The zero-order valence-corrected chi connectivity index (χ0v) is 22.0. The van der Waals surface area contributed by atoms with E-state index in [4.69, 9.17) is 9.47 Å². The highest BCUT2D eigenvalue weighted by Gasteiger charge is 2.46. The molecule has 4 rings (SSSR count). The Balaban J connectivity index is 1.73. The molecule has 38 heavy (non-hydrogen) atoms. The fourth-order valence-corrected chi connectivity index (χ4v) is 4.48. The number of methoxy groups -OCH3 is 1. The maximum Gasteiger partial charge on any atom is 0.295 e. The van der Waals surface area contributed by atoms with Crippen LogP contribution in [0.4, 0.5) is 0 Å². The van der Waals surface area contributed by atoms with Gasteiger partial charge in [-0.1, -0.05) is 36.4 Å². The first kappa shape index (κ1) is 26.8. The summed E-state index contributed by atoms with van der Waals surface area (Å²) in [5, 5.41) is 21.5. The van der Waals surface area contributed by atoms with Gasteiger partial charge in [-0.05, 0) is 68.0 Å². The second kappa shape index (κ2) is 11.4. The number of aliphatic hydroxyl groups excluding tert-OH is 1. The summed E-state index contributed by atoms with van der Waals surface area (Å²) in [6.07, 6.45) is 0. The van der Waals surface area contributed by atoms with Crippen LogP contribution in [0.1, 0.15) is 28.3 Å². The van der Waals surface area contributed by atoms with E-state index in [-0.39, 0.29) is 29.4 Å². The number of carbonyl (C=O) groups is 2. The quantitative estimate of drug-likeness (QED) is 0.249. The number of rotatable bonds is 9. The van der Waals surface area contributed by atoms with E-state index in [0.717, 1.165) is 11.1 Å². The number of phenolic OH excluding ortho intramolecular Hbond substituents is 1. The number of amides is 1. The van der Waals surface area contributed by atoms with Crippen LogP contribution in [0, 0.1) is 6.92 Å². The molecule has 1 aliphatic heterocycles. The highest BCUT2D eigenvalue weighted by molar-refractivity contribution is 6.46. The van der Waals surface area contributed by atoms with Gasteiger partial charge in [0.25, 0.3) is 11.7 Å². The minimum absolute atomic E-state index is 0.0150. The number of hydrogen-bond donors (Lipinski definition) is 2. The molecule has 8 heteroatoms. The molecule has 1 unspecified atom stereocenters. The number of ketones is 1.